The van der Waals surface area contributed by atoms with Gasteiger partial charge in [0.1, 0.15) is 11.7 Å². The molecule has 1 aliphatic rings. The van der Waals surface area contributed by atoms with Crippen molar-refractivity contribution in [2.45, 2.75) is 31.5 Å². The Bertz CT molecular complexity index is 597. The number of H-pyrrole nitrogens is 1. The van der Waals surface area contributed by atoms with Gasteiger partial charge in [0.15, 0.2) is 0 Å². The number of aromatic amines is 1. The van der Waals surface area contributed by atoms with Crippen molar-refractivity contribution in [1.29, 1.82) is 0 Å². The molecule has 1 aliphatic carbocycles. The molecule has 1 atom stereocenters. The van der Waals surface area contributed by atoms with Crippen molar-refractivity contribution in [3.05, 3.63) is 27.2 Å². The van der Waals surface area contributed by atoms with E-state index in [1.54, 1.807) is 0 Å². The number of halogens is 3. The summed E-state index contributed by atoms with van der Waals surface area (Å²) in [6, 6.07) is 0. The molecule has 1 unspecified atom stereocenters. The van der Waals surface area contributed by atoms with Crippen LogP contribution in [0, 0.1) is 0 Å². The number of carbonyl (C=O) groups is 1. The van der Waals surface area contributed by atoms with E-state index >= 15 is 0 Å². The standard InChI is InChI=1S/C12H13F3N2O4/c1-20-8(18)4-5-21-7-3-2-6-9(12(13,14)15)11(19)17-16-10(6)7/h7H,2-5H2,1H3,(H,17,19). The van der Waals surface area contributed by atoms with Crippen LogP contribution in [0.15, 0.2) is 4.79 Å². The van der Waals surface area contributed by atoms with Gasteiger partial charge >= 0.3 is 12.1 Å². The van der Waals surface area contributed by atoms with Crippen LogP contribution in [0.5, 0.6) is 0 Å². The maximum atomic E-state index is 12.9. The number of nitrogens with one attached hydrogen (secondary N) is 1. The van der Waals surface area contributed by atoms with Crippen molar-refractivity contribution in [2.24, 2.45) is 0 Å². The Morgan fingerprint density at radius 3 is 2.81 bits per heavy atom. The van der Waals surface area contributed by atoms with Crippen LogP contribution < -0.4 is 5.56 Å². The average molecular weight is 306 g/mol. The molecule has 1 aromatic rings. The summed E-state index contributed by atoms with van der Waals surface area (Å²) in [7, 11) is 1.23. The van der Waals surface area contributed by atoms with E-state index in [9.17, 15) is 22.8 Å². The predicted molar refractivity (Wildman–Crippen MR) is 63.5 cm³/mol. The van der Waals surface area contributed by atoms with E-state index in [1.165, 1.54) is 7.11 Å². The van der Waals surface area contributed by atoms with Crippen LogP contribution in [-0.4, -0.2) is 29.9 Å². The van der Waals surface area contributed by atoms with E-state index in [2.05, 4.69) is 9.84 Å². The zero-order valence-corrected chi connectivity index (χ0v) is 11.1. The molecule has 0 spiro atoms. The Kier molecular flexibility index (Phi) is 4.31. The van der Waals surface area contributed by atoms with Gasteiger partial charge in [-0.3, -0.25) is 9.59 Å². The SMILES string of the molecule is COC(=O)CCOC1CCc2c1n[nH]c(=O)c2C(F)(F)F. The van der Waals surface area contributed by atoms with Gasteiger partial charge in [-0.15, -0.1) is 0 Å². The first kappa shape index (κ1) is 15.5. The Morgan fingerprint density at radius 2 is 2.19 bits per heavy atom. The average Bonchev–Trinajstić information content (AvgIpc) is 2.79. The zero-order valence-electron chi connectivity index (χ0n) is 11.1. The Hall–Kier alpha value is -1.90. The summed E-state index contributed by atoms with van der Waals surface area (Å²) in [6.07, 6.45) is -5.06. The molecule has 0 bridgehead atoms. The molecule has 0 radical (unpaired) electrons. The van der Waals surface area contributed by atoms with Crippen molar-refractivity contribution in [3.63, 3.8) is 0 Å². The van der Waals surface area contributed by atoms with Gasteiger partial charge in [0.2, 0.25) is 0 Å². The molecule has 1 N–H and O–H groups in total. The van der Waals surface area contributed by atoms with Crippen LogP contribution in [0.4, 0.5) is 13.2 Å². The van der Waals surface area contributed by atoms with Crippen molar-refractivity contribution in [3.8, 4) is 0 Å². The molecule has 0 fully saturated rings. The third kappa shape index (κ3) is 3.23. The Balaban J connectivity index is 2.18. The maximum Gasteiger partial charge on any atom is 0.422 e. The first-order chi connectivity index (χ1) is 9.84. The number of ether oxygens (including phenoxy) is 2. The van der Waals surface area contributed by atoms with Crippen LogP contribution >= 0.6 is 0 Å². The van der Waals surface area contributed by atoms with Crippen LogP contribution in [0.25, 0.3) is 0 Å². The summed E-state index contributed by atoms with van der Waals surface area (Å²) in [6.45, 7) is 0.0128. The van der Waals surface area contributed by atoms with Gasteiger partial charge in [-0.25, -0.2) is 5.10 Å². The van der Waals surface area contributed by atoms with Gasteiger partial charge < -0.3 is 9.47 Å². The lowest BCUT2D eigenvalue weighted by atomic mass is 10.1. The van der Waals surface area contributed by atoms with E-state index in [0.29, 0.717) is 0 Å². The summed E-state index contributed by atoms with van der Waals surface area (Å²) in [5.41, 5.74) is -2.52. The Labute approximate surface area is 117 Å². The fraction of sp³-hybridized carbons (Fsp3) is 0.583. The number of methoxy groups -OCH3 is 1. The summed E-state index contributed by atoms with van der Waals surface area (Å²) < 4.78 is 48.4. The number of nitrogens with zero attached hydrogens (tertiary/aromatic N) is 1. The van der Waals surface area contributed by atoms with E-state index in [0.717, 1.165) is 0 Å². The Morgan fingerprint density at radius 1 is 1.48 bits per heavy atom. The van der Waals surface area contributed by atoms with Crippen molar-refractivity contribution >= 4 is 5.97 Å². The third-order valence-corrected chi connectivity index (χ3v) is 3.21. The second-order valence-electron chi connectivity index (χ2n) is 4.51. The summed E-state index contributed by atoms with van der Waals surface area (Å²) in [4.78, 5) is 22.3. The lowest BCUT2D eigenvalue weighted by molar-refractivity contribution is -0.142. The predicted octanol–water partition coefficient (Wildman–Crippen LogP) is 1.36. The first-order valence-electron chi connectivity index (χ1n) is 6.21. The molecule has 0 saturated heterocycles. The smallest absolute Gasteiger partial charge is 0.422 e. The number of esters is 1. The molecule has 0 aliphatic heterocycles. The second-order valence-corrected chi connectivity index (χ2v) is 4.51. The normalized spacial score (nSPS) is 17.6. The fourth-order valence-electron chi connectivity index (χ4n) is 2.28. The maximum absolute atomic E-state index is 12.9. The number of hydrogen-bond donors (Lipinski definition) is 1. The van der Waals surface area contributed by atoms with Gasteiger partial charge in [-0.2, -0.15) is 18.3 Å². The quantitative estimate of drug-likeness (QED) is 0.849. The van der Waals surface area contributed by atoms with Gasteiger partial charge in [0.25, 0.3) is 5.56 Å². The summed E-state index contributed by atoms with van der Waals surface area (Å²) >= 11 is 0. The molecule has 1 aromatic heterocycles. The summed E-state index contributed by atoms with van der Waals surface area (Å²) in [5.74, 6) is -0.473. The molecular formula is C12H13F3N2O4. The molecule has 21 heavy (non-hydrogen) atoms. The lowest BCUT2D eigenvalue weighted by Gasteiger charge is -2.13. The first-order valence-corrected chi connectivity index (χ1v) is 6.21. The number of aromatic nitrogens is 2. The number of rotatable bonds is 4. The highest BCUT2D eigenvalue weighted by Gasteiger charge is 2.41. The third-order valence-electron chi connectivity index (χ3n) is 3.21. The highest BCUT2D eigenvalue weighted by molar-refractivity contribution is 5.69. The van der Waals surface area contributed by atoms with Crippen molar-refractivity contribution in [2.75, 3.05) is 13.7 Å². The largest absolute Gasteiger partial charge is 0.469 e. The van der Waals surface area contributed by atoms with Gasteiger partial charge in [-0.1, -0.05) is 0 Å². The number of carbonyl (C=O) groups excluding carboxylic acids is 1. The molecular weight excluding hydrogens is 293 g/mol. The minimum Gasteiger partial charge on any atom is -0.469 e. The molecule has 0 amide bonds. The lowest BCUT2D eigenvalue weighted by Crippen LogP contribution is -2.26. The van der Waals surface area contributed by atoms with E-state index in [1.807, 2.05) is 5.10 Å². The molecule has 9 heteroatoms. The molecule has 6 nitrogen and oxygen atoms in total. The van der Waals surface area contributed by atoms with Gasteiger partial charge in [0, 0.05) is 0 Å². The van der Waals surface area contributed by atoms with Gasteiger partial charge in [0.05, 0.1) is 25.8 Å². The molecule has 0 saturated carbocycles. The number of hydrogen-bond acceptors (Lipinski definition) is 5. The molecule has 0 aromatic carbocycles. The van der Waals surface area contributed by atoms with Crippen LogP contribution in [-0.2, 0) is 26.9 Å². The topological polar surface area (TPSA) is 81.3 Å². The van der Waals surface area contributed by atoms with Crippen LogP contribution in [0.3, 0.4) is 0 Å². The monoisotopic (exact) mass is 306 g/mol. The van der Waals surface area contributed by atoms with Crippen LogP contribution in [0.2, 0.25) is 0 Å². The minimum atomic E-state index is -4.73. The number of alkyl halides is 3. The molecule has 2 rings (SSSR count). The van der Waals surface area contributed by atoms with Gasteiger partial charge in [-0.05, 0) is 18.4 Å². The number of fused-ring (bicyclic) bond motifs is 1. The molecule has 1 heterocycles. The zero-order chi connectivity index (χ0) is 15.6. The van der Waals surface area contributed by atoms with Crippen molar-refractivity contribution in [1.82, 2.24) is 10.2 Å². The fourth-order valence-corrected chi connectivity index (χ4v) is 2.28. The molecule has 116 valence electrons. The summed E-state index contributed by atoms with van der Waals surface area (Å²) in [5, 5.41) is 5.50. The highest BCUT2D eigenvalue weighted by atomic mass is 19.4. The second kappa shape index (κ2) is 5.84. The van der Waals surface area contributed by atoms with E-state index in [4.69, 9.17) is 4.74 Å². The highest BCUT2D eigenvalue weighted by Crippen LogP contribution is 2.38. The van der Waals surface area contributed by atoms with E-state index < -0.39 is 29.4 Å². The van der Waals surface area contributed by atoms with Crippen molar-refractivity contribution < 1.29 is 27.4 Å². The van der Waals surface area contributed by atoms with E-state index in [-0.39, 0.29) is 37.1 Å². The minimum absolute atomic E-state index is 0.00217. The van der Waals surface area contributed by atoms with Crippen LogP contribution in [0.1, 0.15) is 35.8 Å².